The van der Waals surface area contributed by atoms with Crippen molar-refractivity contribution < 1.29 is 32.6 Å². The summed E-state index contributed by atoms with van der Waals surface area (Å²) in [6, 6.07) is 23.3. The van der Waals surface area contributed by atoms with Crippen molar-refractivity contribution in [1.29, 1.82) is 0 Å². The van der Waals surface area contributed by atoms with Crippen molar-refractivity contribution in [3.8, 4) is 5.75 Å². The highest BCUT2D eigenvalue weighted by Gasteiger charge is 2.30. The van der Waals surface area contributed by atoms with Crippen LogP contribution in [0.3, 0.4) is 0 Å². The number of ether oxygens (including phenoxy) is 1. The molecule has 0 bridgehead atoms. The van der Waals surface area contributed by atoms with E-state index in [0.717, 1.165) is 23.1 Å². The zero-order chi connectivity index (χ0) is 26.4. The molecule has 1 unspecified atom stereocenters. The molecule has 2 N–H and O–H groups in total. The SMILES string of the molecule is O=C(NC(Cc1ccccc1)C(=O)O)c1ccc2ccccc2c1OCCc1ccc(C(F)(F)F)cc1. The van der Waals surface area contributed by atoms with E-state index in [0.29, 0.717) is 17.4 Å². The van der Waals surface area contributed by atoms with Gasteiger partial charge in [0.05, 0.1) is 17.7 Å². The summed E-state index contributed by atoms with van der Waals surface area (Å²) in [5, 5.41) is 13.8. The van der Waals surface area contributed by atoms with Crippen molar-refractivity contribution >= 4 is 22.6 Å². The number of carbonyl (C=O) groups excluding carboxylic acids is 1. The van der Waals surface area contributed by atoms with Gasteiger partial charge in [-0.25, -0.2) is 4.79 Å². The van der Waals surface area contributed by atoms with Crippen LogP contribution in [0.15, 0.2) is 91.0 Å². The Kier molecular flexibility index (Phi) is 7.77. The van der Waals surface area contributed by atoms with Crippen LogP contribution in [0.1, 0.15) is 27.0 Å². The second-order valence-electron chi connectivity index (χ2n) is 8.51. The first-order valence-corrected chi connectivity index (χ1v) is 11.6. The molecule has 0 aliphatic rings. The van der Waals surface area contributed by atoms with Gasteiger partial charge in [-0.2, -0.15) is 13.2 Å². The Morgan fingerprint density at radius 1 is 0.838 bits per heavy atom. The fraction of sp³-hybridized carbons (Fsp3) is 0.172. The summed E-state index contributed by atoms with van der Waals surface area (Å²) in [6.07, 6.45) is -3.98. The van der Waals surface area contributed by atoms with Crippen LogP contribution in [0.4, 0.5) is 13.2 Å². The van der Waals surface area contributed by atoms with Crippen LogP contribution in [-0.2, 0) is 23.8 Å². The molecule has 0 aliphatic carbocycles. The Balaban J connectivity index is 1.54. The van der Waals surface area contributed by atoms with Gasteiger partial charge in [0.2, 0.25) is 0 Å². The minimum Gasteiger partial charge on any atom is -0.492 e. The summed E-state index contributed by atoms with van der Waals surface area (Å²) < 4.78 is 44.5. The molecule has 0 heterocycles. The maximum absolute atomic E-state index is 13.2. The molecule has 4 rings (SSSR count). The fourth-order valence-corrected chi connectivity index (χ4v) is 3.99. The number of benzene rings is 4. The maximum atomic E-state index is 13.2. The predicted octanol–water partition coefficient (Wildman–Crippen LogP) is 5.91. The normalized spacial score (nSPS) is 12.2. The Morgan fingerprint density at radius 3 is 2.19 bits per heavy atom. The van der Waals surface area contributed by atoms with E-state index < -0.39 is 29.7 Å². The zero-order valence-corrected chi connectivity index (χ0v) is 19.7. The summed E-state index contributed by atoms with van der Waals surface area (Å²) in [7, 11) is 0. The monoisotopic (exact) mass is 507 g/mol. The number of fused-ring (bicyclic) bond motifs is 1. The van der Waals surface area contributed by atoms with E-state index in [2.05, 4.69) is 5.32 Å². The lowest BCUT2D eigenvalue weighted by molar-refractivity contribution is -0.139. The molecule has 8 heteroatoms. The highest BCUT2D eigenvalue weighted by molar-refractivity contribution is 6.04. The van der Waals surface area contributed by atoms with E-state index in [1.54, 1.807) is 48.5 Å². The van der Waals surface area contributed by atoms with Gasteiger partial charge in [-0.15, -0.1) is 0 Å². The molecule has 0 saturated carbocycles. The van der Waals surface area contributed by atoms with Gasteiger partial charge in [0.15, 0.2) is 0 Å². The highest BCUT2D eigenvalue weighted by atomic mass is 19.4. The van der Waals surface area contributed by atoms with Gasteiger partial charge < -0.3 is 15.2 Å². The number of carboxylic acids is 1. The van der Waals surface area contributed by atoms with E-state index >= 15 is 0 Å². The number of alkyl halides is 3. The van der Waals surface area contributed by atoms with Crippen LogP contribution < -0.4 is 10.1 Å². The van der Waals surface area contributed by atoms with Crippen molar-refractivity contribution in [2.45, 2.75) is 25.1 Å². The van der Waals surface area contributed by atoms with Gasteiger partial charge in [-0.05, 0) is 34.7 Å². The molecule has 0 aliphatic heterocycles. The molecule has 0 saturated heterocycles. The van der Waals surface area contributed by atoms with Gasteiger partial charge in [-0.3, -0.25) is 4.79 Å². The molecule has 1 amide bonds. The Bertz CT molecular complexity index is 1390. The van der Waals surface area contributed by atoms with Crippen LogP contribution in [-0.4, -0.2) is 29.6 Å². The van der Waals surface area contributed by atoms with Gasteiger partial charge >= 0.3 is 12.1 Å². The third-order valence-electron chi connectivity index (χ3n) is 5.93. The first-order valence-electron chi connectivity index (χ1n) is 11.6. The fourth-order valence-electron chi connectivity index (χ4n) is 3.99. The largest absolute Gasteiger partial charge is 0.492 e. The summed E-state index contributed by atoms with van der Waals surface area (Å²) in [6.45, 7) is 0.103. The third-order valence-corrected chi connectivity index (χ3v) is 5.93. The molecular formula is C29H24F3NO4. The number of carbonyl (C=O) groups is 2. The summed E-state index contributed by atoms with van der Waals surface area (Å²) in [4.78, 5) is 25.1. The second-order valence-corrected chi connectivity index (χ2v) is 8.51. The van der Waals surface area contributed by atoms with Crippen LogP contribution in [0.2, 0.25) is 0 Å². The number of amides is 1. The molecule has 4 aromatic carbocycles. The van der Waals surface area contributed by atoms with E-state index in [9.17, 15) is 27.9 Å². The summed E-state index contributed by atoms with van der Waals surface area (Å²) in [5.74, 6) is -1.48. The molecule has 0 radical (unpaired) electrons. The molecular weight excluding hydrogens is 483 g/mol. The molecule has 37 heavy (non-hydrogen) atoms. The molecule has 1 atom stereocenters. The molecule has 0 fully saturated rings. The van der Waals surface area contributed by atoms with Crippen molar-refractivity contribution in [3.05, 3.63) is 113 Å². The van der Waals surface area contributed by atoms with Gasteiger partial charge in [-0.1, -0.05) is 72.8 Å². The van der Waals surface area contributed by atoms with Crippen LogP contribution in [0, 0.1) is 0 Å². The lowest BCUT2D eigenvalue weighted by atomic mass is 10.0. The molecule has 190 valence electrons. The molecule has 4 aromatic rings. The number of nitrogens with one attached hydrogen (secondary N) is 1. The minimum absolute atomic E-state index is 0.103. The standard InChI is InChI=1S/C29H24F3NO4/c30-29(31,32)22-13-10-19(11-14-22)16-17-37-26-23-9-5-4-8-21(23)12-15-24(26)27(34)33-25(28(35)36)18-20-6-2-1-3-7-20/h1-15,25H,16-18H2,(H,33,34)(H,35,36). The first-order chi connectivity index (χ1) is 17.7. The Morgan fingerprint density at radius 2 is 1.51 bits per heavy atom. The van der Waals surface area contributed by atoms with Gasteiger partial charge in [0, 0.05) is 18.2 Å². The van der Waals surface area contributed by atoms with Crippen molar-refractivity contribution in [2.24, 2.45) is 0 Å². The zero-order valence-electron chi connectivity index (χ0n) is 19.7. The topological polar surface area (TPSA) is 75.6 Å². The first kappa shape index (κ1) is 25.8. The third kappa shape index (κ3) is 6.46. The second kappa shape index (κ2) is 11.2. The molecule has 0 spiro atoms. The van der Waals surface area contributed by atoms with E-state index in [-0.39, 0.29) is 24.3 Å². The smallest absolute Gasteiger partial charge is 0.416 e. The van der Waals surface area contributed by atoms with Crippen molar-refractivity contribution in [1.82, 2.24) is 5.32 Å². The Hall–Kier alpha value is -4.33. The van der Waals surface area contributed by atoms with E-state index in [1.807, 2.05) is 18.2 Å². The van der Waals surface area contributed by atoms with Gasteiger partial charge in [0.1, 0.15) is 11.8 Å². The van der Waals surface area contributed by atoms with Crippen LogP contribution >= 0.6 is 0 Å². The number of halogens is 3. The number of hydrogen-bond donors (Lipinski definition) is 2. The lowest BCUT2D eigenvalue weighted by Gasteiger charge is -2.18. The highest BCUT2D eigenvalue weighted by Crippen LogP contribution is 2.31. The predicted molar refractivity (Wildman–Crippen MR) is 134 cm³/mol. The number of carboxylic acid groups (broad SMARTS) is 1. The summed E-state index contributed by atoms with van der Waals surface area (Å²) >= 11 is 0. The maximum Gasteiger partial charge on any atom is 0.416 e. The number of rotatable bonds is 9. The quantitative estimate of drug-likeness (QED) is 0.296. The van der Waals surface area contributed by atoms with Gasteiger partial charge in [0.25, 0.3) is 5.91 Å². The average Bonchev–Trinajstić information content (AvgIpc) is 2.88. The number of aliphatic carboxylic acids is 1. The van der Waals surface area contributed by atoms with E-state index in [4.69, 9.17) is 4.74 Å². The van der Waals surface area contributed by atoms with E-state index in [1.165, 1.54) is 12.1 Å². The Labute approximate surface area is 211 Å². The average molecular weight is 508 g/mol. The molecule has 0 aromatic heterocycles. The van der Waals surface area contributed by atoms with Crippen molar-refractivity contribution in [3.63, 3.8) is 0 Å². The lowest BCUT2D eigenvalue weighted by Crippen LogP contribution is -2.42. The van der Waals surface area contributed by atoms with Crippen LogP contribution in [0.25, 0.3) is 10.8 Å². The number of hydrogen-bond acceptors (Lipinski definition) is 3. The van der Waals surface area contributed by atoms with Crippen LogP contribution in [0.5, 0.6) is 5.75 Å². The minimum atomic E-state index is -4.41. The summed E-state index contributed by atoms with van der Waals surface area (Å²) in [5.41, 5.74) is 0.855. The molecule has 5 nitrogen and oxygen atoms in total. The van der Waals surface area contributed by atoms with Crippen molar-refractivity contribution in [2.75, 3.05) is 6.61 Å².